The molecule has 0 unspecified atom stereocenters. The Labute approximate surface area is 120 Å². The summed E-state index contributed by atoms with van der Waals surface area (Å²) < 4.78 is 0.119. The summed E-state index contributed by atoms with van der Waals surface area (Å²) in [5.74, 6) is -0.0819. The summed E-state index contributed by atoms with van der Waals surface area (Å²) in [5, 5.41) is 3.02. The Morgan fingerprint density at radius 2 is 2.00 bits per heavy atom. The second-order valence-electron chi connectivity index (χ2n) is 4.87. The minimum Gasteiger partial charge on any atom is -0.398 e. The van der Waals surface area contributed by atoms with Crippen LogP contribution in [0.4, 0.5) is 5.69 Å². The summed E-state index contributed by atoms with van der Waals surface area (Å²) in [4.78, 5) is 12.2. The summed E-state index contributed by atoms with van der Waals surface area (Å²) >= 11 is 1.82. The smallest absolute Gasteiger partial charge is 0.253 e. The predicted octanol–water partition coefficient (Wildman–Crippen LogP) is 3.23. The number of carbonyl (C=O) groups excluding carboxylic acids is 1. The molecule has 0 radical (unpaired) electrons. The van der Waals surface area contributed by atoms with E-state index in [0.717, 1.165) is 18.4 Å². The van der Waals surface area contributed by atoms with Gasteiger partial charge < -0.3 is 11.1 Å². The van der Waals surface area contributed by atoms with Gasteiger partial charge in [-0.15, -0.1) is 0 Å². The number of carbonyl (C=O) groups is 1. The lowest BCUT2D eigenvalue weighted by molar-refractivity contribution is 0.0949. The van der Waals surface area contributed by atoms with Crippen molar-refractivity contribution in [2.24, 2.45) is 0 Å². The van der Waals surface area contributed by atoms with Crippen molar-refractivity contribution in [1.82, 2.24) is 5.32 Å². The third-order valence-corrected chi connectivity index (χ3v) is 5.33. The number of hydrogen-bond acceptors (Lipinski definition) is 3. The van der Waals surface area contributed by atoms with E-state index in [0.29, 0.717) is 17.8 Å². The number of nitrogen functional groups attached to an aromatic ring is 1. The third kappa shape index (κ3) is 3.90. The van der Waals surface area contributed by atoms with Crippen LogP contribution in [-0.2, 0) is 0 Å². The van der Waals surface area contributed by atoms with Crippen molar-refractivity contribution < 1.29 is 4.79 Å². The van der Waals surface area contributed by atoms with Crippen molar-refractivity contribution in [1.29, 1.82) is 0 Å². The average Bonchev–Trinajstić information content (AvgIpc) is 2.43. The molecule has 0 saturated carbocycles. The largest absolute Gasteiger partial charge is 0.398 e. The molecule has 19 heavy (non-hydrogen) atoms. The van der Waals surface area contributed by atoms with Crippen molar-refractivity contribution in [2.45, 2.75) is 38.4 Å². The number of amides is 1. The number of anilines is 1. The summed E-state index contributed by atoms with van der Waals surface area (Å²) in [7, 11) is 0. The normalized spacial score (nSPS) is 11.4. The molecular weight excluding hydrogens is 256 g/mol. The molecule has 0 aliphatic carbocycles. The van der Waals surface area contributed by atoms with Crippen molar-refractivity contribution in [2.75, 3.05) is 18.5 Å². The maximum atomic E-state index is 12.2. The van der Waals surface area contributed by atoms with E-state index in [1.165, 1.54) is 0 Å². The van der Waals surface area contributed by atoms with Crippen molar-refractivity contribution in [3.8, 4) is 0 Å². The van der Waals surface area contributed by atoms with Gasteiger partial charge in [-0.2, -0.15) is 11.8 Å². The minimum atomic E-state index is -0.0819. The van der Waals surface area contributed by atoms with Crippen LogP contribution in [0.2, 0.25) is 0 Å². The van der Waals surface area contributed by atoms with Crippen molar-refractivity contribution >= 4 is 23.4 Å². The van der Waals surface area contributed by atoms with Crippen LogP contribution in [0.5, 0.6) is 0 Å². The number of aryl methyl sites for hydroxylation is 1. The first-order chi connectivity index (χ1) is 8.98. The van der Waals surface area contributed by atoms with Gasteiger partial charge in [0.25, 0.3) is 5.91 Å². The second kappa shape index (κ2) is 6.85. The molecular formula is C15H24N2OS. The lowest BCUT2D eigenvalue weighted by Crippen LogP contribution is -2.39. The average molecular weight is 280 g/mol. The lowest BCUT2D eigenvalue weighted by atomic mass is 10.0. The summed E-state index contributed by atoms with van der Waals surface area (Å²) in [6.45, 7) is 6.95. The van der Waals surface area contributed by atoms with E-state index < -0.39 is 0 Å². The van der Waals surface area contributed by atoms with E-state index in [1.54, 1.807) is 6.07 Å². The Morgan fingerprint density at radius 1 is 1.37 bits per heavy atom. The van der Waals surface area contributed by atoms with E-state index in [1.807, 2.05) is 30.8 Å². The van der Waals surface area contributed by atoms with Gasteiger partial charge in [0.2, 0.25) is 0 Å². The van der Waals surface area contributed by atoms with E-state index in [4.69, 9.17) is 5.73 Å². The van der Waals surface area contributed by atoms with Gasteiger partial charge in [-0.3, -0.25) is 4.79 Å². The molecule has 0 aliphatic rings. The lowest BCUT2D eigenvalue weighted by Gasteiger charge is -2.29. The van der Waals surface area contributed by atoms with Gasteiger partial charge in [0.15, 0.2) is 0 Å². The Kier molecular flexibility index (Phi) is 5.73. The van der Waals surface area contributed by atoms with E-state index in [-0.39, 0.29) is 10.7 Å². The maximum Gasteiger partial charge on any atom is 0.253 e. The topological polar surface area (TPSA) is 55.1 Å². The third-order valence-electron chi connectivity index (χ3n) is 3.75. The number of hydrogen-bond donors (Lipinski definition) is 2. The number of nitrogens with one attached hydrogen (secondary N) is 1. The van der Waals surface area contributed by atoms with Crippen molar-refractivity contribution in [3.05, 3.63) is 29.3 Å². The highest BCUT2D eigenvalue weighted by molar-refractivity contribution is 8.00. The van der Waals surface area contributed by atoms with Gasteiger partial charge >= 0.3 is 0 Å². The summed E-state index contributed by atoms with van der Waals surface area (Å²) in [5.41, 5.74) is 8.01. The van der Waals surface area contributed by atoms with Crippen LogP contribution in [0.3, 0.4) is 0 Å². The SMILES string of the molecule is CCC(CC)(CNC(=O)c1cc(C)ccc1N)SC. The highest BCUT2D eigenvalue weighted by Gasteiger charge is 2.25. The monoisotopic (exact) mass is 280 g/mol. The fourth-order valence-electron chi connectivity index (χ4n) is 2.06. The van der Waals surface area contributed by atoms with Gasteiger partial charge in [-0.1, -0.05) is 25.5 Å². The molecule has 0 aliphatic heterocycles. The zero-order valence-electron chi connectivity index (χ0n) is 12.2. The van der Waals surface area contributed by atoms with Crippen LogP contribution in [0.15, 0.2) is 18.2 Å². The molecule has 0 heterocycles. The highest BCUT2D eigenvalue weighted by Crippen LogP contribution is 2.29. The van der Waals surface area contributed by atoms with Crippen LogP contribution in [-0.4, -0.2) is 23.5 Å². The Morgan fingerprint density at radius 3 is 2.53 bits per heavy atom. The molecule has 3 N–H and O–H groups in total. The molecule has 0 saturated heterocycles. The van der Waals surface area contributed by atoms with Gasteiger partial charge in [0, 0.05) is 17.0 Å². The molecule has 0 spiro atoms. The van der Waals surface area contributed by atoms with Gasteiger partial charge in [0.05, 0.1) is 5.56 Å². The van der Waals surface area contributed by atoms with E-state index in [2.05, 4.69) is 25.4 Å². The van der Waals surface area contributed by atoms with Crippen LogP contribution >= 0.6 is 11.8 Å². The molecule has 0 fully saturated rings. The maximum absolute atomic E-state index is 12.2. The van der Waals surface area contributed by atoms with E-state index >= 15 is 0 Å². The molecule has 0 aromatic heterocycles. The molecule has 0 atom stereocenters. The number of thioether (sulfide) groups is 1. The first-order valence-electron chi connectivity index (χ1n) is 6.67. The second-order valence-corrected chi connectivity index (χ2v) is 6.14. The highest BCUT2D eigenvalue weighted by atomic mass is 32.2. The molecule has 0 bridgehead atoms. The van der Waals surface area contributed by atoms with Crippen LogP contribution in [0.1, 0.15) is 42.6 Å². The minimum absolute atomic E-state index is 0.0819. The zero-order valence-corrected chi connectivity index (χ0v) is 13.1. The number of nitrogens with two attached hydrogens (primary N) is 1. The summed E-state index contributed by atoms with van der Waals surface area (Å²) in [6, 6.07) is 5.53. The van der Waals surface area contributed by atoms with Gasteiger partial charge in [-0.25, -0.2) is 0 Å². The fourth-order valence-corrected chi connectivity index (χ4v) is 2.86. The van der Waals surface area contributed by atoms with Crippen LogP contribution in [0, 0.1) is 6.92 Å². The quantitative estimate of drug-likeness (QED) is 0.787. The Bertz CT molecular complexity index is 434. The number of rotatable bonds is 6. The molecule has 1 rings (SSSR count). The molecule has 4 heteroatoms. The van der Waals surface area contributed by atoms with Crippen LogP contribution in [0.25, 0.3) is 0 Å². The molecule has 1 aromatic carbocycles. The Hall–Kier alpha value is -1.16. The molecule has 1 amide bonds. The summed E-state index contributed by atoms with van der Waals surface area (Å²) in [6.07, 6.45) is 4.17. The fraction of sp³-hybridized carbons (Fsp3) is 0.533. The molecule has 3 nitrogen and oxygen atoms in total. The standard InChI is InChI=1S/C15H24N2OS/c1-5-15(6-2,19-4)10-17-14(18)12-9-11(3)7-8-13(12)16/h7-9H,5-6,10,16H2,1-4H3,(H,17,18). The number of benzene rings is 1. The first kappa shape index (κ1) is 15.9. The Balaban J connectivity index is 2.77. The van der Waals surface area contributed by atoms with Crippen LogP contribution < -0.4 is 11.1 Å². The predicted molar refractivity (Wildman–Crippen MR) is 84.8 cm³/mol. The molecule has 1 aromatic rings. The van der Waals surface area contributed by atoms with E-state index in [9.17, 15) is 4.79 Å². The van der Waals surface area contributed by atoms with Crippen molar-refractivity contribution in [3.63, 3.8) is 0 Å². The zero-order chi connectivity index (χ0) is 14.5. The van der Waals surface area contributed by atoms with Gasteiger partial charge in [-0.05, 0) is 38.2 Å². The molecule has 106 valence electrons. The first-order valence-corrected chi connectivity index (χ1v) is 7.90. The van der Waals surface area contributed by atoms with Gasteiger partial charge in [0.1, 0.15) is 0 Å².